The number of aliphatic hydroxyl groups excluding tert-OH is 1. The van der Waals surface area contributed by atoms with Crippen molar-refractivity contribution < 1.29 is 14.6 Å². The molecule has 0 bridgehead atoms. The van der Waals surface area contributed by atoms with Crippen molar-refractivity contribution in [1.29, 1.82) is 5.26 Å². The summed E-state index contributed by atoms with van der Waals surface area (Å²) in [7, 11) is 0. The largest absolute Gasteiger partial charge is 0.494 e. The van der Waals surface area contributed by atoms with Gasteiger partial charge < -0.3 is 29.9 Å². The van der Waals surface area contributed by atoms with Gasteiger partial charge in [-0.2, -0.15) is 5.26 Å². The van der Waals surface area contributed by atoms with Gasteiger partial charge in [0.1, 0.15) is 35.8 Å². The molecule has 4 N–H and O–H groups in total. The number of hydrogen-bond donors (Lipinski definition) is 4. The lowest BCUT2D eigenvalue weighted by Gasteiger charge is -2.14. The monoisotopic (exact) mass is 550 g/mol. The van der Waals surface area contributed by atoms with Crippen LogP contribution in [0.4, 0.5) is 0 Å². The van der Waals surface area contributed by atoms with Gasteiger partial charge in [-0.1, -0.05) is 36.4 Å². The standard InChI is InChI=1S/C33H34N4O4/c1-22-28(18-24(19-34)33(39)36-22)23-12-14-26(15-13-23)40-17-6-2-5-16-35-20-25(38)21-41-31-11-7-10-30-32(31)27-8-3-4-9-29(27)37-30/h3-4,7-15,18,25,35,37-38H,2,5-6,16-17,20-21H2,1H3,(H,36,39). The van der Waals surface area contributed by atoms with Crippen LogP contribution in [0.1, 0.15) is 30.5 Å². The third-order valence-corrected chi connectivity index (χ3v) is 7.09. The molecule has 0 saturated heterocycles. The molecule has 0 amide bonds. The second-order valence-corrected chi connectivity index (χ2v) is 10.1. The number of rotatable bonds is 13. The Hall–Kier alpha value is -4.58. The van der Waals surface area contributed by atoms with Crippen molar-refractivity contribution in [1.82, 2.24) is 15.3 Å². The zero-order valence-electron chi connectivity index (χ0n) is 23.1. The zero-order valence-corrected chi connectivity index (χ0v) is 23.1. The van der Waals surface area contributed by atoms with Gasteiger partial charge in [-0.05, 0) is 74.7 Å². The van der Waals surface area contributed by atoms with Crippen molar-refractivity contribution in [3.05, 3.63) is 94.4 Å². The second kappa shape index (κ2) is 13.2. The summed E-state index contributed by atoms with van der Waals surface area (Å²) in [4.78, 5) is 17.9. The fraction of sp³-hybridized carbons (Fsp3) is 0.273. The summed E-state index contributed by atoms with van der Waals surface area (Å²) in [6, 6.07) is 25.3. The van der Waals surface area contributed by atoms with E-state index in [0.29, 0.717) is 13.2 Å². The summed E-state index contributed by atoms with van der Waals surface area (Å²) >= 11 is 0. The number of aromatic nitrogens is 2. The fourth-order valence-electron chi connectivity index (χ4n) is 4.96. The van der Waals surface area contributed by atoms with Crippen LogP contribution < -0.4 is 20.3 Å². The molecule has 0 radical (unpaired) electrons. The minimum atomic E-state index is -0.604. The first-order valence-electron chi connectivity index (χ1n) is 13.9. The molecule has 5 aromatic rings. The number of para-hydroxylation sites is 1. The van der Waals surface area contributed by atoms with E-state index < -0.39 is 6.10 Å². The molecule has 210 valence electrons. The van der Waals surface area contributed by atoms with Crippen molar-refractivity contribution >= 4 is 21.8 Å². The van der Waals surface area contributed by atoms with Gasteiger partial charge in [-0.15, -0.1) is 0 Å². The minimum Gasteiger partial charge on any atom is -0.494 e. The molecule has 1 unspecified atom stereocenters. The van der Waals surface area contributed by atoms with E-state index in [1.807, 2.05) is 73.7 Å². The summed E-state index contributed by atoms with van der Waals surface area (Å²) in [5.74, 6) is 1.55. The Balaban J connectivity index is 0.978. The molecule has 3 aromatic carbocycles. The molecule has 1 atom stereocenters. The Morgan fingerprint density at radius 3 is 2.59 bits per heavy atom. The number of aliphatic hydroxyl groups is 1. The van der Waals surface area contributed by atoms with E-state index in [0.717, 1.165) is 75.9 Å². The second-order valence-electron chi connectivity index (χ2n) is 10.1. The molecular formula is C33H34N4O4. The van der Waals surface area contributed by atoms with Gasteiger partial charge in [0.05, 0.1) is 12.1 Å². The topological polar surface area (TPSA) is 123 Å². The van der Waals surface area contributed by atoms with Gasteiger partial charge in [-0.3, -0.25) is 4.79 Å². The molecule has 0 spiro atoms. The lowest BCUT2D eigenvalue weighted by molar-refractivity contribution is 0.107. The lowest BCUT2D eigenvalue weighted by atomic mass is 10.0. The SMILES string of the molecule is Cc1[nH]c(=O)c(C#N)cc1-c1ccc(OCCCCCNCC(O)COc2cccc3[nH]c4ccccc4c23)cc1. The Bertz CT molecular complexity index is 1720. The number of unbranched alkanes of at least 4 members (excludes halogenated alkanes) is 2. The average Bonchev–Trinajstić information content (AvgIpc) is 3.37. The zero-order chi connectivity index (χ0) is 28.6. The molecule has 0 aliphatic heterocycles. The Morgan fingerprint density at radius 2 is 1.76 bits per heavy atom. The van der Waals surface area contributed by atoms with E-state index in [1.54, 1.807) is 6.07 Å². The van der Waals surface area contributed by atoms with Crippen LogP contribution >= 0.6 is 0 Å². The number of aromatic amines is 2. The van der Waals surface area contributed by atoms with E-state index >= 15 is 0 Å². The number of fused-ring (bicyclic) bond motifs is 3. The number of pyridine rings is 1. The number of nitriles is 1. The summed E-state index contributed by atoms with van der Waals surface area (Å²) in [6.45, 7) is 3.94. The third-order valence-electron chi connectivity index (χ3n) is 7.09. The van der Waals surface area contributed by atoms with Gasteiger partial charge in [-0.25, -0.2) is 0 Å². The van der Waals surface area contributed by atoms with E-state index in [-0.39, 0.29) is 17.7 Å². The van der Waals surface area contributed by atoms with Gasteiger partial charge in [0, 0.05) is 34.1 Å². The van der Waals surface area contributed by atoms with E-state index in [9.17, 15) is 9.90 Å². The summed E-state index contributed by atoms with van der Waals surface area (Å²) in [5, 5.41) is 25.0. The molecule has 8 nitrogen and oxygen atoms in total. The maximum absolute atomic E-state index is 11.8. The maximum atomic E-state index is 11.8. The summed E-state index contributed by atoms with van der Waals surface area (Å²) in [5.41, 5.74) is 4.28. The molecule has 0 fully saturated rings. The minimum absolute atomic E-state index is 0.0996. The predicted molar refractivity (Wildman–Crippen MR) is 161 cm³/mol. The third kappa shape index (κ3) is 6.77. The molecule has 0 saturated carbocycles. The van der Waals surface area contributed by atoms with Crippen LogP contribution in [0.25, 0.3) is 32.9 Å². The van der Waals surface area contributed by atoms with E-state index in [2.05, 4.69) is 21.4 Å². The first-order valence-corrected chi connectivity index (χ1v) is 13.9. The number of ether oxygens (including phenoxy) is 2. The highest BCUT2D eigenvalue weighted by Gasteiger charge is 2.12. The van der Waals surface area contributed by atoms with Crippen LogP contribution in [0.15, 0.2) is 77.6 Å². The molecule has 8 heteroatoms. The number of hydrogen-bond acceptors (Lipinski definition) is 6. The molecular weight excluding hydrogens is 516 g/mol. The summed E-state index contributed by atoms with van der Waals surface area (Å²) in [6.07, 6.45) is 2.31. The first-order chi connectivity index (χ1) is 20.0. The molecule has 2 heterocycles. The molecule has 5 rings (SSSR count). The van der Waals surface area contributed by atoms with Crippen LogP contribution in [0.5, 0.6) is 11.5 Å². The Labute approximate surface area is 238 Å². The van der Waals surface area contributed by atoms with Crippen LogP contribution in [0, 0.1) is 18.3 Å². The van der Waals surface area contributed by atoms with Gasteiger partial charge >= 0.3 is 0 Å². The highest BCUT2D eigenvalue weighted by atomic mass is 16.5. The average molecular weight is 551 g/mol. The van der Waals surface area contributed by atoms with Crippen LogP contribution in [-0.4, -0.2) is 47.5 Å². The van der Waals surface area contributed by atoms with E-state index in [1.165, 1.54) is 0 Å². The van der Waals surface area contributed by atoms with Crippen LogP contribution in [0.3, 0.4) is 0 Å². The molecule has 2 aromatic heterocycles. The highest BCUT2D eigenvalue weighted by Crippen LogP contribution is 2.33. The smallest absolute Gasteiger partial charge is 0.266 e. The number of nitrogens with zero attached hydrogens (tertiary/aromatic N) is 1. The number of benzene rings is 3. The Kier molecular flexibility index (Phi) is 8.99. The molecule has 0 aliphatic rings. The quantitative estimate of drug-likeness (QED) is 0.145. The molecule has 41 heavy (non-hydrogen) atoms. The lowest BCUT2D eigenvalue weighted by Crippen LogP contribution is -2.32. The van der Waals surface area contributed by atoms with E-state index in [4.69, 9.17) is 14.7 Å². The van der Waals surface area contributed by atoms with Crippen molar-refractivity contribution in [3.8, 4) is 28.7 Å². The molecule has 0 aliphatic carbocycles. The maximum Gasteiger partial charge on any atom is 0.266 e. The van der Waals surface area contributed by atoms with Crippen molar-refractivity contribution in [2.45, 2.75) is 32.3 Å². The van der Waals surface area contributed by atoms with Crippen molar-refractivity contribution in [3.63, 3.8) is 0 Å². The van der Waals surface area contributed by atoms with Crippen molar-refractivity contribution in [2.75, 3.05) is 26.3 Å². The fourth-order valence-corrected chi connectivity index (χ4v) is 4.96. The van der Waals surface area contributed by atoms with Crippen LogP contribution in [-0.2, 0) is 0 Å². The first kappa shape index (κ1) is 28.0. The van der Waals surface area contributed by atoms with Crippen molar-refractivity contribution in [2.24, 2.45) is 0 Å². The van der Waals surface area contributed by atoms with Gasteiger partial charge in [0.15, 0.2) is 0 Å². The van der Waals surface area contributed by atoms with Gasteiger partial charge in [0.25, 0.3) is 5.56 Å². The predicted octanol–water partition coefficient (Wildman–Crippen LogP) is 5.44. The number of nitrogens with one attached hydrogen (secondary N) is 3. The normalized spacial score (nSPS) is 11.9. The summed E-state index contributed by atoms with van der Waals surface area (Å²) < 4.78 is 11.9. The Morgan fingerprint density at radius 1 is 0.951 bits per heavy atom. The highest BCUT2D eigenvalue weighted by molar-refractivity contribution is 6.10. The number of aryl methyl sites for hydroxylation is 1. The van der Waals surface area contributed by atoms with Crippen LogP contribution in [0.2, 0.25) is 0 Å². The number of H-pyrrole nitrogens is 2. The van der Waals surface area contributed by atoms with Gasteiger partial charge in [0.2, 0.25) is 0 Å².